The standard InChI is InChI=1S/C12H22N2S.2ClH/c1-3-13-4-2-12(1)9-11(10-12)14-5-7-15-8-6-14;;/h11,13H,1-10H2;2*1H. The number of piperidine rings is 1. The molecule has 0 radical (unpaired) electrons. The van der Waals surface area contributed by atoms with Crippen molar-refractivity contribution in [1.29, 1.82) is 0 Å². The van der Waals surface area contributed by atoms with E-state index >= 15 is 0 Å². The lowest BCUT2D eigenvalue weighted by atomic mass is 9.60. The molecule has 3 aliphatic rings. The molecule has 0 atom stereocenters. The first-order valence-corrected chi connectivity index (χ1v) is 7.56. The lowest BCUT2D eigenvalue weighted by molar-refractivity contribution is -0.0165. The minimum absolute atomic E-state index is 0. The van der Waals surface area contributed by atoms with Crippen molar-refractivity contribution in [3.05, 3.63) is 0 Å². The molecule has 1 aliphatic carbocycles. The first-order valence-electron chi connectivity index (χ1n) is 6.41. The third-order valence-electron chi connectivity index (χ3n) is 4.56. The van der Waals surface area contributed by atoms with Gasteiger partial charge in [0.05, 0.1) is 0 Å². The topological polar surface area (TPSA) is 15.3 Å². The van der Waals surface area contributed by atoms with Gasteiger partial charge in [-0.3, -0.25) is 4.90 Å². The van der Waals surface area contributed by atoms with Crippen LogP contribution in [0.15, 0.2) is 0 Å². The molecule has 2 nitrogen and oxygen atoms in total. The maximum absolute atomic E-state index is 3.49. The smallest absolute Gasteiger partial charge is 0.0107 e. The van der Waals surface area contributed by atoms with E-state index < -0.39 is 0 Å². The minimum Gasteiger partial charge on any atom is -0.317 e. The Bertz CT molecular complexity index is 221. The fourth-order valence-corrected chi connectivity index (χ4v) is 4.44. The Kier molecular flexibility index (Phi) is 6.41. The van der Waals surface area contributed by atoms with Gasteiger partial charge in [0.15, 0.2) is 0 Å². The molecule has 0 aromatic heterocycles. The summed E-state index contributed by atoms with van der Waals surface area (Å²) in [5, 5.41) is 3.49. The number of nitrogens with zero attached hydrogens (tertiary/aromatic N) is 1. The third-order valence-corrected chi connectivity index (χ3v) is 5.51. The summed E-state index contributed by atoms with van der Waals surface area (Å²) < 4.78 is 0. The number of hydrogen-bond acceptors (Lipinski definition) is 3. The highest BCUT2D eigenvalue weighted by atomic mass is 35.5. The predicted octanol–water partition coefficient (Wildman–Crippen LogP) is 2.41. The summed E-state index contributed by atoms with van der Waals surface area (Å²) in [5.74, 6) is 2.73. The summed E-state index contributed by atoms with van der Waals surface area (Å²) in [4.78, 5) is 2.75. The molecule has 2 heterocycles. The number of halogens is 2. The van der Waals surface area contributed by atoms with Crippen LogP contribution in [-0.2, 0) is 0 Å². The maximum Gasteiger partial charge on any atom is 0.0107 e. The fourth-order valence-electron chi connectivity index (χ4n) is 3.51. The average molecular weight is 299 g/mol. The Hall–Kier alpha value is 0.850. The highest BCUT2D eigenvalue weighted by molar-refractivity contribution is 7.99. The molecular weight excluding hydrogens is 275 g/mol. The molecule has 1 N–H and O–H groups in total. The second-order valence-electron chi connectivity index (χ2n) is 5.46. The van der Waals surface area contributed by atoms with E-state index in [2.05, 4.69) is 22.0 Å². The Labute approximate surface area is 121 Å². The summed E-state index contributed by atoms with van der Waals surface area (Å²) in [5.41, 5.74) is 0.764. The van der Waals surface area contributed by atoms with Gasteiger partial charge in [0.25, 0.3) is 0 Å². The molecule has 0 aromatic rings. The van der Waals surface area contributed by atoms with E-state index in [1.165, 1.54) is 63.4 Å². The molecule has 3 fully saturated rings. The van der Waals surface area contributed by atoms with Crippen molar-refractivity contribution >= 4 is 36.6 Å². The summed E-state index contributed by atoms with van der Waals surface area (Å²) in [7, 11) is 0. The quantitative estimate of drug-likeness (QED) is 0.800. The van der Waals surface area contributed by atoms with Crippen molar-refractivity contribution in [3.63, 3.8) is 0 Å². The van der Waals surface area contributed by atoms with Crippen LogP contribution >= 0.6 is 36.6 Å². The molecule has 0 unspecified atom stereocenters. The molecule has 2 saturated heterocycles. The van der Waals surface area contributed by atoms with Gasteiger partial charge in [-0.1, -0.05) is 0 Å². The van der Waals surface area contributed by atoms with Gasteiger partial charge in [-0.25, -0.2) is 0 Å². The van der Waals surface area contributed by atoms with Crippen LogP contribution in [0, 0.1) is 5.41 Å². The predicted molar refractivity (Wildman–Crippen MR) is 81.0 cm³/mol. The van der Waals surface area contributed by atoms with Gasteiger partial charge < -0.3 is 5.32 Å². The summed E-state index contributed by atoms with van der Waals surface area (Å²) >= 11 is 2.13. The summed E-state index contributed by atoms with van der Waals surface area (Å²) in [6.07, 6.45) is 5.87. The van der Waals surface area contributed by atoms with Crippen LogP contribution in [0.5, 0.6) is 0 Å². The van der Waals surface area contributed by atoms with Gasteiger partial charge in [0, 0.05) is 30.6 Å². The second kappa shape index (κ2) is 6.85. The van der Waals surface area contributed by atoms with Crippen molar-refractivity contribution in [2.75, 3.05) is 37.7 Å². The van der Waals surface area contributed by atoms with E-state index in [4.69, 9.17) is 0 Å². The lowest BCUT2D eigenvalue weighted by Gasteiger charge is -2.54. The normalized spacial score (nSPS) is 28.9. The summed E-state index contributed by atoms with van der Waals surface area (Å²) in [6.45, 7) is 5.23. The highest BCUT2D eigenvalue weighted by Gasteiger charge is 2.46. The maximum atomic E-state index is 3.49. The number of rotatable bonds is 1. The summed E-state index contributed by atoms with van der Waals surface area (Å²) in [6, 6.07) is 0.948. The Morgan fingerprint density at radius 3 is 2.18 bits per heavy atom. The van der Waals surface area contributed by atoms with Crippen LogP contribution in [0.1, 0.15) is 25.7 Å². The number of hydrogen-bond donors (Lipinski definition) is 1. The lowest BCUT2D eigenvalue weighted by Crippen LogP contribution is -2.56. The van der Waals surface area contributed by atoms with E-state index in [0.29, 0.717) is 0 Å². The molecule has 0 amide bonds. The first kappa shape index (κ1) is 15.9. The monoisotopic (exact) mass is 298 g/mol. The van der Waals surface area contributed by atoms with Gasteiger partial charge in [-0.05, 0) is 44.2 Å². The van der Waals surface area contributed by atoms with E-state index in [1.807, 2.05) is 0 Å². The molecule has 0 aromatic carbocycles. The second-order valence-corrected chi connectivity index (χ2v) is 6.69. The van der Waals surface area contributed by atoms with E-state index in [9.17, 15) is 0 Å². The van der Waals surface area contributed by atoms with Crippen LogP contribution in [0.4, 0.5) is 0 Å². The van der Waals surface area contributed by atoms with Crippen molar-refractivity contribution in [1.82, 2.24) is 10.2 Å². The molecule has 2 aliphatic heterocycles. The Morgan fingerprint density at radius 2 is 1.59 bits per heavy atom. The van der Waals surface area contributed by atoms with Crippen LogP contribution in [0.2, 0.25) is 0 Å². The van der Waals surface area contributed by atoms with Crippen LogP contribution < -0.4 is 5.32 Å². The van der Waals surface area contributed by atoms with E-state index in [-0.39, 0.29) is 24.8 Å². The molecule has 1 saturated carbocycles. The van der Waals surface area contributed by atoms with Crippen molar-refractivity contribution in [2.24, 2.45) is 5.41 Å². The molecule has 3 rings (SSSR count). The van der Waals surface area contributed by atoms with Gasteiger partial charge in [0.2, 0.25) is 0 Å². The van der Waals surface area contributed by atoms with Crippen molar-refractivity contribution in [3.8, 4) is 0 Å². The molecule has 1 spiro atoms. The highest BCUT2D eigenvalue weighted by Crippen LogP contribution is 2.50. The van der Waals surface area contributed by atoms with Gasteiger partial charge >= 0.3 is 0 Å². The van der Waals surface area contributed by atoms with Gasteiger partial charge in [0.1, 0.15) is 0 Å². The zero-order valence-corrected chi connectivity index (χ0v) is 12.8. The van der Waals surface area contributed by atoms with E-state index in [0.717, 1.165) is 11.5 Å². The number of nitrogens with one attached hydrogen (secondary N) is 1. The zero-order chi connectivity index (χ0) is 10.1. The van der Waals surface area contributed by atoms with E-state index in [1.54, 1.807) is 0 Å². The SMILES string of the molecule is C1CC2(CCN1)CC(N1CCSCC1)C2.Cl.Cl. The molecule has 102 valence electrons. The largest absolute Gasteiger partial charge is 0.317 e. The minimum atomic E-state index is 0. The molecular formula is C12H24Cl2N2S. The molecule has 17 heavy (non-hydrogen) atoms. The van der Waals surface area contributed by atoms with Gasteiger partial charge in [-0.15, -0.1) is 24.8 Å². The number of thioether (sulfide) groups is 1. The Balaban J connectivity index is 0.000000722. The molecule has 0 bridgehead atoms. The van der Waals surface area contributed by atoms with Gasteiger partial charge in [-0.2, -0.15) is 11.8 Å². The molecule has 5 heteroatoms. The van der Waals surface area contributed by atoms with Crippen molar-refractivity contribution in [2.45, 2.75) is 31.7 Å². The third kappa shape index (κ3) is 3.44. The Morgan fingerprint density at radius 1 is 1.00 bits per heavy atom. The average Bonchev–Trinajstić information content (AvgIpc) is 2.28. The van der Waals surface area contributed by atoms with Crippen LogP contribution in [0.25, 0.3) is 0 Å². The van der Waals surface area contributed by atoms with Crippen LogP contribution in [0.3, 0.4) is 0 Å². The van der Waals surface area contributed by atoms with Crippen molar-refractivity contribution < 1.29 is 0 Å². The zero-order valence-electron chi connectivity index (χ0n) is 10.3. The first-order chi connectivity index (χ1) is 7.38. The fraction of sp³-hybridized carbons (Fsp3) is 1.00. The van der Waals surface area contributed by atoms with Crippen LogP contribution in [-0.4, -0.2) is 48.6 Å².